The van der Waals surface area contributed by atoms with E-state index in [0.717, 1.165) is 4.47 Å². The molecule has 0 N–H and O–H groups in total. The van der Waals surface area contributed by atoms with Gasteiger partial charge in [0.2, 0.25) is 0 Å². The maximum Gasteiger partial charge on any atom is 0.194 e. The molecule has 3 nitrogen and oxygen atoms in total. The Hall–Kier alpha value is -1.42. The summed E-state index contributed by atoms with van der Waals surface area (Å²) in [7, 11) is 0. The molecule has 4 heteroatoms. The average Bonchev–Trinajstić information content (AvgIpc) is 2.19. The van der Waals surface area contributed by atoms with Gasteiger partial charge in [0.1, 0.15) is 11.5 Å². The van der Waals surface area contributed by atoms with E-state index in [0.29, 0.717) is 22.8 Å². The van der Waals surface area contributed by atoms with Crippen LogP contribution in [0.25, 0.3) is 11.3 Å². The summed E-state index contributed by atoms with van der Waals surface area (Å²) in [5.74, 6) is 1.21. The van der Waals surface area contributed by atoms with Gasteiger partial charge in [-0.05, 0) is 41.9 Å². The van der Waals surface area contributed by atoms with E-state index in [1.807, 2.05) is 6.07 Å². The van der Waals surface area contributed by atoms with Crippen molar-refractivity contribution in [2.75, 3.05) is 0 Å². The van der Waals surface area contributed by atoms with Gasteiger partial charge in [0.05, 0.1) is 11.3 Å². The molecule has 0 saturated carbocycles. The van der Waals surface area contributed by atoms with Crippen molar-refractivity contribution in [1.82, 2.24) is 4.98 Å². The van der Waals surface area contributed by atoms with Crippen LogP contribution in [0.1, 0.15) is 11.5 Å². The van der Waals surface area contributed by atoms with Crippen molar-refractivity contribution in [2.45, 2.75) is 13.8 Å². The number of aryl methyl sites for hydroxylation is 2. The third-order valence-corrected chi connectivity index (χ3v) is 2.70. The van der Waals surface area contributed by atoms with Crippen molar-refractivity contribution in [2.24, 2.45) is 0 Å². The summed E-state index contributed by atoms with van der Waals surface area (Å²) in [6.07, 6.45) is 1.66. The molecule has 2 rings (SSSR count). The minimum atomic E-state index is -0.0592. The average molecular weight is 280 g/mol. The van der Waals surface area contributed by atoms with Gasteiger partial charge in [0.25, 0.3) is 0 Å². The number of hydrogen-bond acceptors (Lipinski definition) is 3. The van der Waals surface area contributed by atoms with Crippen molar-refractivity contribution in [3.8, 4) is 11.3 Å². The molecule has 16 heavy (non-hydrogen) atoms. The Labute approximate surface area is 101 Å². The van der Waals surface area contributed by atoms with Gasteiger partial charge in [-0.15, -0.1) is 0 Å². The molecule has 0 aliphatic heterocycles. The minimum absolute atomic E-state index is 0.0592. The molecule has 0 saturated heterocycles. The molecule has 0 atom stereocenters. The third kappa shape index (κ3) is 2.07. The quantitative estimate of drug-likeness (QED) is 0.806. The first-order valence-corrected chi connectivity index (χ1v) is 5.60. The lowest BCUT2D eigenvalue weighted by atomic mass is 10.1. The highest BCUT2D eigenvalue weighted by molar-refractivity contribution is 9.10. The molecular weight excluding hydrogens is 270 g/mol. The molecule has 2 aromatic heterocycles. The van der Waals surface area contributed by atoms with Crippen molar-refractivity contribution in [1.29, 1.82) is 0 Å². The minimum Gasteiger partial charge on any atom is -0.466 e. The van der Waals surface area contributed by atoms with E-state index >= 15 is 0 Å². The second-order valence-electron chi connectivity index (χ2n) is 3.51. The number of pyridine rings is 1. The third-order valence-electron chi connectivity index (χ3n) is 2.23. The van der Waals surface area contributed by atoms with Crippen LogP contribution in [0.5, 0.6) is 0 Å². The lowest BCUT2D eigenvalue weighted by molar-refractivity contribution is 0.486. The van der Waals surface area contributed by atoms with Gasteiger partial charge < -0.3 is 4.42 Å². The summed E-state index contributed by atoms with van der Waals surface area (Å²) in [4.78, 5) is 16.0. The molecule has 0 radical (unpaired) electrons. The standard InChI is InChI=1S/C12H10BrNO2/c1-7-5-11(15)12(8(2)16-7)10-4-3-9(13)6-14-10/h3-6H,1-2H3. The lowest BCUT2D eigenvalue weighted by Gasteiger charge is -2.04. The second-order valence-corrected chi connectivity index (χ2v) is 4.43. The van der Waals surface area contributed by atoms with Crippen molar-refractivity contribution < 1.29 is 4.42 Å². The summed E-state index contributed by atoms with van der Waals surface area (Å²) >= 11 is 3.30. The Morgan fingerprint density at radius 3 is 2.62 bits per heavy atom. The summed E-state index contributed by atoms with van der Waals surface area (Å²) in [5.41, 5.74) is 1.10. The van der Waals surface area contributed by atoms with Crippen LogP contribution in [-0.4, -0.2) is 4.98 Å². The highest BCUT2D eigenvalue weighted by Crippen LogP contribution is 2.19. The number of halogens is 1. The van der Waals surface area contributed by atoms with E-state index in [2.05, 4.69) is 20.9 Å². The Balaban J connectivity index is 2.65. The van der Waals surface area contributed by atoms with Crippen LogP contribution in [0, 0.1) is 13.8 Å². The fraction of sp³-hybridized carbons (Fsp3) is 0.167. The SMILES string of the molecule is Cc1cc(=O)c(-c2ccc(Br)cn2)c(C)o1. The topological polar surface area (TPSA) is 43.1 Å². The van der Waals surface area contributed by atoms with Crippen LogP contribution in [0.2, 0.25) is 0 Å². The molecule has 0 amide bonds. The van der Waals surface area contributed by atoms with Gasteiger partial charge >= 0.3 is 0 Å². The van der Waals surface area contributed by atoms with Crippen molar-refractivity contribution >= 4 is 15.9 Å². The first kappa shape index (κ1) is 11.1. The normalized spacial score (nSPS) is 10.4. The first-order valence-electron chi connectivity index (χ1n) is 4.81. The Kier molecular flexibility index (Phi) is 2.92. The van der Waals surface area contributed by atoms with Crippen LogP contribution in [-0.2, 0) is 0 Å². The Bertz CT molecular complexity index is 573. The van der Waals surface area contributed by atoms with Gasteiger partial charge in [-0.25, -0.2) is 0 Å². The Morgan fingerprint density at radius 1 is 1.31 bits per heavy atom. The molecule has 0 aliphatic rings. The summed E-state index contributed by atoms with van der Waals surface area (Å²) in [5, 5.41) is 0. The van der Waals surface area contributed by atoms with Crippen LogP contribution in [0.15, 0.2) is 38.1 Å². The fourth-order valence-electron chi connectivity index (χ4n) is 1.58. The molecule has 0 unspecified atom stereocenters. The zero-order chi connectivity index (χ0) is 11.7. The Morgan fingerprint density at radius 2 is 2.06 bits per heavy atom. The van der Waals surface area contributed by atoms with E-state index in [-0.39, 0.29) is 5.43 Å². The van der Waals surface area contributed by atoms with Crippen molar-refractivity contribution in [3.05, 3.63) is 50.6 Å². The number of nitrogens with zero attached hydrogens (tertiary/aromatic N) is 1. The predicted molar refractivity (Wildman–Crippen MR) is 65.4 cm³/mol. The van der Waals surface area contributed by atoms with Crippen molar-refractivity contribution in [3.63, 3.8) is 0 Å². The summed E-state index contributed by atoms with van der Waals surface area (Å²) in [6.45, 7) is 3.53. The molecule has 0 spiro atoms. The van der Waals surface area contributed by atoms with Gasteiger partial charge in [0, 0.05) is 16.7 Å². The van der Waals surface area contributed by atoms with Gasteiger partial charge in [-0.1, -0.05) is 0 Å². The van der Waals surface area contributed by atoms with Crippen LogP contribution < -0.4 is 5.43 Å². The zero-order valence-electron chi connectivity index (χ0n) is 8.95. The molecule has 0 fully saturated rings. The highest BCUT2D eigenvalue weighted by atomic mass is 79.9. The molecule has 82 valence electrons. The zero-order valence-corrected chi connectivity index (χ0v) is 10.5. The number of rotatable bonds is 1. The van der Waals surface area contributed by atoms with Crippen LogP contribution >= 0.6 is 15.9 Å². The highest BCUT2D eigenvalue weighted by Gasteiger charge is 2.10. The molecule has 0 bridgehead atoms. The summed E-state index contributed by atoms with van der Waals surface area (Å²) < 4.78 is 6.30. The predicted octanol–water partition coefficient (Wildman–Crippen LogP) is 3.08. The van der Waals surface area contributed by atoms with Gasteiger partial charge in [0.15, 0.2) is 5.43 Å². The molecule has 0 aromatic carbocycles. The molecule has 2 heterocycles. The molecular formula is C12H10BrNO2. The van der Waals surface area contributed by atoms with Gasteiger partial charge in [-0.3, -0.25) is 9.78 Å². The van der Waals surface area contributed by atoms with E-state index in [9.17, 15) is 4.79 Å². The van der Waals surface area contributed by atoms with Crippen LogP contribution in [0.3, 0.4) is 0 Å². The largest absolute Gasteiger partial charge is 0.466 e. The maximum atomic E-state index is 11.8. The number of hydrogen-bond donors (Lipinski definition) is 0. The first-order chi connectivity index (χ1) is 7.58. The number of aromatic nitrogens is 1. The maximum absolute atomic E-state index is 11.8. The summed E-state index contributed by atoms with van der Waals surface area (Å²) in [6, 6.07) is 5.12. The fourth-order valence-corrected chi connectivity index (χ4v) is 1.82. The smallest absolute Gasteiger partial charge is 0.194 e. The van der Waals surface area contributed by atoms with Gasteiger partial charge in [-0.2, -0.15) is 0 Å². The lowest BCUT2D eigenvalue weighted by Crippen LogP contribution is -2.07. The monoisotopic (exact) mass is 279 g/mol. The van der Waals surface area contributed by atoms with Crippen LogP contribution in [0.4, 0.5) is 0 Å². The van der Waals surface area contributed by atoms with E-state index in [1.165, 1.54) is 6.07 Å². The molecule has 0 aliphatic carbocycles. The molecule has 2 aromatic rings. The van der Waals surface area contributed by atoms with E-state index in [4.69, 9.17) is 4.42 Å². The van der Waals surface area contributed by atoms with E-state index in [1.54, 1.807) is 26.1 Å². The second kappa shape index (κ2) is 4.22. The van der Waals surface area contributed by atoms with E-state index < -0.39 is 0 Å².